The van der Waals surface area contributed by atoms with Crippen LogP contribution in [0.4, 0.5) is 0 Å². The van der Waals surface area contributed by atoms with Crippen LogP contribution in [0.25, 0.3) is 0 Å². The largest absolute Gasteiger partial charge is 0.481 e. The van der Waals surface area contributed by atoms with Crippen molar-refractivity contribution in [1.82, 2.24) is 4.90 Å². The van der Waals surface area contributed by atoms with E-state index >= 15 is 0 Å². The van der Waals surface area contributed by atoms with E-state index in [1.54, 1.807) is 11.9 Å². The van der Waals surface area contributed by atoms with Gasteiger partial charge in [-0.05, 0) is 36.6 Å². The van der Waals surface area contributed by atoms with Gasteiger partial charge in [-0.25, -0.2) is 0 Å². The summed E-state index contributed by atoms with van der Waals surface area (Å²) in [6.45, 7) is 2.83. The van der Waals surface area contributed by atoms with Crippen molar-refractivity contribution < 1.29 is 9.53 Å². The first-order chi connectivity index (χ1) is 9.51. The lowest BCUT2D eigenvalue weighted by Crippen LogP contribution is -2.29. The molecule has 1 saturated heterocycles. The van der Waals surface area contributed by atoms with Gasteiger partial charge in [0.2, 0.25) is 0 Å². The van der Waals surface area contributed by atoms with E-state index in [1.165, 1.54) is 0 Å². The average molecular weight is 341 g/mol. The molecule has 0 aliphatic carbocycles. The van der Waals surface area contributed by atoms with Crippen LogP contribution < -0.4 is 10.5 Å². The van der Waals surface area contributed by atoms with Crippen LogP contribution in [0.1, 0.15) is 25.3 Å². The van der Waals surface area contributed by atoms with Crippen molar-refractivity contribution in [3.8, 4) is 5.75 Å². The monoisotopic (exact) mass is 340 g/mol. The van der Waals surface area contributed by atoms with Crippen LogP contribution in [0.3, 0.4) is 0 Å². The minimum atomic E-state index is -0.353. The Bertz CT molecular complexity index is 493. The van der Waals surface area contributed by atoms with Gasteiger partial charge in [-0.3, -0.25) is 4.79 Å². The standard InChI is InChI=1S/C15H21BrN2O2/c1-3-11(17)8-10-9-12(4-5-13(10)16)20-14-6-7-18(2)15(14)19/h4-5,9,11,14H,3,6-8,17H2,1-2H3. The average Bonchev–Trinajstić information content (AvgIpc) is 2.74. The topological polar surface area (TPSA) is 55.6 Å². The molecule has 20 heavy (non-hydrogen) atoms. The van der Waals surface area contributed by atoms with Gasteiger partial charge < -0.3 is 15.4 Å². The molecule has 1 aromatic rings. The molecule has 1 aliphatic heterocycles. The summed E-state index contributed by atoms with van der Waals surface area (Å²) in [5.41, 5.74) is 7.13. The predicted octanol–water partition coefficient (Wildman–Crippen LogP) is 2.34. The van der Waals surface area contributed by atoms with Crippen LogP contribution in [0.5, 0.6) is 5.75 Å². The Morgan fingerprint density at radius 2 is 2.30 bits per heavy atom. The Labute approximate surface area is 128 Å². The van der Waals surface area contributed by atoms with Gasteiger partial charge in [0.05, 0.1) is 0 Å². The molecule has 1 heterocycles. The van der Waals surface area contributed by atoms with Crippen LogP contribution in [-0.4, -0.2) is 36.5 Å². The summed E-state index contributed by atoms with van der Waals surface area (Å²) in [5.74, 6) is 0.792. The van der Waals surface area contributed by atoms with Crippen LogP contribution in [0.2, 0.25) is 0 Å². The molecule has 2 unspecified atom stereocenters. The maximum Gasteiger partial charge on any atom is 0.263 e. The zero-order chi connectivity index (χ0) is 14.7. The number of halogens is 1. The molecule has 110 valence electrons. The summed E-state index contributed by atoms with van der Waals surface area (Å²) in [7, 11) is 1.80. The van der Waals surface area contributed by atoms with Crippen LogP contribution >= 0.6 is 15.9 Å². The molecular weight excluding hydrogens is 320 g/mol. The number of hydrogen-bond acceptors (Lipinski definition) is 3. The van der Waals surface area contributed by atoms with Crippen molar-refractivity contribution in [3.63, 3.8) is 0 Å². The summed E-state index contributed by atoms with van der Waals surface area (Å²) in [4.78, 5) is 13.6. The summed E-state index contributed by atoms with van der Waals surface area (Å²) in [5, 5.41) is 0. The predicted molar refractivity (Wildman–Crippen MR) is 82.8 cm³/mol. The van der Waals surface area contributed by atoms with Crippen LogP contribution in [0.15, 0.2) is 22.7 Å². The van der Waals surface area contributed by atoms with E-state index in [9.17, 15) is 4.79 Å². The Morgan fingerprint density at radius 3 is 2.90 bits per heavy atom. The summed E-state index contributed by atoms with van der Waals surface area (Å²) in [6, 6.07) is 5.96. The van der Waals surface area contributed by atoms with E-state index < -0.39 is 0 Å². The number of nitrogens with two attached hydrogens (primary N) is 1. The Kier molecular flexibility index (Phi) is 5.05. The Balaban J connectivity index is 2.09. The van der Waals surface area contributed by atoms with Crippen molar-refractivity contribution in [1.29, 1.82) is 0 Å². The maximum atomic E-state index is 11.9. The second kappa shape index (κ2) is 6.59. The fourth-order valence-electron chi connectivity index (χ4n) is 2.27. The molecule has 0 spiro atoms. The molecule has 5 heteroatoms. The summed E-state index contributed by atoms with van der Waals surface area (Å²) in [6.07, 6.45) is 2.12. The number of carbonyl (C=O) groups excluding carboxylic acids is 1. The van der Waals surface area contributed by atoms with E-state index in [2.05, 4.69) is 22.9 Å². The molecule has 2 rings (SSSR count). The third-order valence-electron chi connectivity index (χ3n) is 3.68. The zero-order valence-electron chi connectivity index (χ0n) is 11.9. The third kappa shape index (κ3) is 3.52. The van der Waals surface area contributed by atoms with E-state index in [4.69, 9.17) is 10.5 Å². The molecule has 2 atom stereocenters. The third-order valence-corrected chi connectivity index (χ3v) is 4.45. The number of likely N-dealkylation sites (tertiary alicyclic amines) is 1. The molecule has 2 N–H and O–H groups in total. The van der Waals surface area contributed by atoms with Crippen molar-refractivity contribution in [3.05, 3.63) is 28.2 Å². The lowest BCUT2D eigenvalue weighted by Gasteiger charge is -2.15. The highest BCUT2D eigenvalue weighted by Gasteiger charge is 2.30. The number of hydrogen-bond donors (Lipinski definition) is 1. The van der Waals surface area contributed by atoms with Crippen molar-refractivity contribution in [2.45, 2.75) is 38.3 Å². The quantitative estimate of drug-likeness (QED) is 0.894. The molecule has 4 nitrogen and oxygen atoms in total. The van der Waals surface area contributed by atoms with Gasteiger partial charge in [0.15, 0.2) is 6.10 Å². The van der Waals surface area contributed by atoms with Gasteiger partial charge in [0, 0.05) is 30.5 Å². The highest BCUT2D eigenvalue weighted by Crippen LogP contribution is 2.26. The zero-order valence-corrected chi connectivity index (χ0v) is 13.5. The Hall–Kier alpha value is -1.07. The van der Waals surface area contributed by atoms with Crippen molar-refractivity contribution >= 4 is 21.8 Å². The number of ether oxygens (including phenoxy) is 1. The molecule has 0 bridgehead atoms. The first-order valence-electron chi connectivity index (χ1n) is 6.97. The molecule has 1 fully saturated rings. The van der Waals surface area contributed by atoms with Gasteiger partial charge in [0.25, 0.3) is 5.91 Å². The highest BCUT2D eigenvalue weighted by molar-refractivity contribution is 9.10. The molecule has 0 aromatic heterocycles. The van der Waals surface area contributed by atoms with Gasteiger partial charge >= 0.3 is 0 Å². The van der Waals surface area contributed by atoms with Gasteiger partial charge in [-0.15, -0.1) is 0 Å². The number of nitrogens with zero attached hydrogens (tertiary/aromatic N) is 1. The molecule has 0 radical (unpaired) electrons. The molecular formula is C15H21BrN2O2. The number of rotatable bonds is 5. The molecule has 1 aromatic carbocycles. The fourth-order valence-corrected chi connectivity index (χ4v) is 2.68. The van der Waals surface area contributed by atoms with Crippen LogP contribution in [-0.2, 0) is 11.2 Å². The van der Waals surface area contributed by atoms with Crippen molar-refractivity contribution in [2.24, 2.45) is 5.73 Å². The number of amides is 1. The van der Waals surface area contributed by atoms with E-state index in [0.717, 1.165) is 41.6 Å². The van der Waals surface area contributed by atoms with Gasteiger partial charge in [-0.2, -0.15) is 0 Å². The Morgan fingerprint density at radius 1 is 1.55 bits per heavy atom. The first kappa shape index (κ1) is 15.3. The lowest BCUT2D eigenvalue weighted by molar-refractivity contribution is -0.132. The van der Waals surface area contributed by atoms with E-state index in [-0.39, 0.29) is 18.1 Å². The van der Waals surface area contributed by atoms with Gasteiger partial charge in [-0.1, -0.05) is 22.9 Å². The molecule has 1 amide bonds. The van der Waals surface area contributed by atoms with Gasteiger partial charge in [0.1, 0.15) is 5.75 Å². The number of carbonyl (C=O) groups is 1. The summed E-state index contributed by atoms with van der Waals surface area (Å²) >= 11 is 3.54. The minimum Gasteiger partial charge on any atom is -0.481 e. The van der Waals surface area contributed by atoms with Crippen molar-refractivity contribution in [2.75, 3.05) is 13.6 Å². The SMILES string of the molecule is CCC(N)Cc1cc(OC2CCN(C)C2=O)ccc1Br. The highest BCUT2D eigenvalue weighted by atomic mass is 79.9. The number of benzene rings is 1. The van der Waals surface area contributed by atoms with E-state index in [0.29, 0.717) is 0 Å². The normalized spacial score (nSPS) is 20.3. The second-order valence-corrected chi connectivity index (χ2v) is 6.13. The lowest BCUT2D eigenvalue weighted by atomic mass is 10.0. The van der Waals surface area contributed by atoms with E-state index in [1.807, 2.05) is 18.2 Å². The minimum absolute atomic E-state index is 0.0553. The fraction of sp³-hybridized carbons (Fsp3) is 0.533. The first-order valence-corrected chi connectivity index (χ1v) is 7.76. The molecule has 1 aliphatic rings. The van der Waals surface area contributed by atoms with Crippen LogP contribution in [0, 0.1) is 0 Å². The molecule has 0 saturated carbocycles. The maximum absolute atomic E-state index is 11.9. The second-order valence-electron chi connectivity index (χ2n) is 5.28. The number of likely N-dealkylation sites (N-methyl/N-ethyl adjacent to an activating group) is 1. The smallest absolute Gasteiger partial charge is 0.263 e. The summed E-state index contributed by atoms with van der Waals surface area (Å²) < 4.78 is 6.85.